The summed E-state index contributed by atoms with van der Waals surface area (Å²) in [5, 5.41) is 6.24. The summed E-state index contributed by atoms with van der Waals surface area (Å²) in [6.45, 7) is 3.50. The van der Waals surface area contributed by atoms with Crippen molar-refractivity contribution in [2.45, 2.75) is 31.7 Å². The number of ether oxygens (including phenoxy) is 1. The van der Waals surface area contributed by atoms with Gasteiger partial charge in [0, 0.05) is 19.8 Å². The third-order valence-electron chi connectivity index (χ3n) is 3.28. The predicted octanol–water partition coefficient (Wildman–Crippen LogP) is 0.281. The van der Waals surface area contributed by atoms with Gasteiger partial charge in [0.15, 0.2) is 0 Å². The van der Waals surface area contributed by atoms with Crippen LogP contribution in [0.5, 0.6) is 0 Å². The monoisotopic (exact) mass is 212 g/mol. The van der Waals surface area contributed by atoms with Crippen LogP contribution in [0.3, 0.4) is 0 Å². The van der Waals surface area contributed by atoms with E-state index in [0.29, 0.717) is 5.92 Å². The average molecular weight is 212 g/mol. The fourth-order valence-electron chi connectivity index (χ4n) is 2.23. The molecule has 15 heavy (non-hydrogen) atoms. The van der Waals surface area contributed by atoms with E-state index in [-0.39, 0.29) is 11.9 Å². The van der Waals surface area contributed by atoms with Gasteiger partial charge < -0.3 is 15.4 Å². The highest BCUT2D eigenvalue weighted by Crippen LogP contribution is 2.13. The minimum absolute atomic E-state index is 0.0600. The fraction of sp³-hybridized carbons (Fsp3) is 0.909. The number of amides is 1. The summed E-state index contributed by atoms with van der Waals surface area (Å²) in [5.74, 6) is 0.795. The Labute approximate surface area is 90.8 Å². The van der Waals surface area contributed by atoms with E-state index in [2.05, 4.69) is 10.6 Å². The molecule has 2 saturated heterocycles. The van der Waals surface area contributed by atoms with Gasteiger partial charge in [0.1, 0.15) is 0 Å². The molecule has 4 nitrogen and oxygen atoms in total. The van der Waals surface area contributed by atoms with E-state index in [1.165, 1.54) is 0 Å². The third-order valence-corrected chi connectivity index (χ3v) is 3.28. The standard InChI is InChI=1S/C11H20N2O2/c14-11(10-2-1-5-12-10)13-8-9-3-6-15-7-4-9/h9-10,12H,1-8H2,(H,13,14). The van der Waals surface area contributed by atoms with Crippen molar-refractivity contribution in [2.75, 3.05) is 26.3 Å². The molecule has 1 amide bonds. The lowest BCUT2D eigenvalue weighted by Gasteiger charge is -2.22. The third kappa shape index (κ3) is 3.18. The van der Waals surface area contributed by atoms with Gasteiger partial charge in [0.05, 0.1) is 6.04 Å². The maximum absolute atomic E-state index is 11.7. The molecule has 0 aromatic carbocycles. The van der Waals surface area contributed by atoms with Crippen molar-refractivity contribution in [1.82, 2.24) is 10.6 Å². The van der Waals surface area contributed by atoms with Crippen LogP contribution in [0.25, 0.3) is 0 Å². The molecule has 0 aliphatic carbocycles. The first kappa shape index (κ1) is 10.9. The highest BCUT2D eigenvalue weighted by Gasteiger charge is 2.22. The molecular weight excluding hydrogens is 192 g/mol. The van der Waals surface area contributed by atoms with Crippen LogP contribution in [-0.4, -0.2) is 38.3 Å². The van der Waals surface area contributed by atoms with E-state index in [4.69, 9.17) is 4.74 Å². The van der Waals surface area contributed by atoms with Crippen molar-refractivity contribution < 1.29 is 9.53 Å². The average Bonchev–Trinajstić information content (AvgIpc) is 2.81. The molecule has 4 heteroatoms. The molecule has 1 unspecified atom stereocenters. The first-order valence-electron chi connectivity index (χ1n) is 5.95. The molecule has 2 N–H and O–H groups in total. The van der Waals surface area contributed by atoms with Crippen LogP contribution >= 0.6 is 0 Å². The molecule has 2 fully saturated rings. The normalized spacial score (nSPS) is 27.9. The molecule has 0 aromatic heterocycles. The highest BCUT2D eigenvalue weighted by atomic mass is 16.5. The molecule has 0 bridgehead atoms. The Morgan fingerprint density at radius 3 is 2.80 bits per heavy atom. The number of hydrogen-bond donors (Lipinski definition) is 2. The van der Waals surface area contributed by atoms with Crippen LogP contribution in [-0.2, 0) is 9.53 Å². The highest BCUT2D eigenvalue weighted by molar-refractivity contribution is 5.81. The van der Waals surface area contributed by atoms with E-state index < -0.39 is 0 Å². The summed E-state index contributed by atoms with van der Waals surface area (Å²) in [4.78, 5) is 11.7. The Balaban J connectivity index is 1.65. The summed E-state index contributed by atoms with van der Waals surface area (Å²) in [5.41, 5.74) is 0. The zero-order valence-corrected chi connectivity index (χ0v) is 9.13. The second-order valence-electron chi connectivity index (χ2n) is 4.45. The lowest BCUT2D eigenvalue weighted by Crippen LogP contribution is -2.42. The van der Waals surface area contributed by atoms with Crippen molar-refractivity contribution in [3.05, 3.63) is 0 Å². The zero-order valence-electron chi connectivity index (χ0n) is 9.13. The summed E-state index contributed by atoms with van der Waals surface area (Å²) < 4.78 is 5.28. The number of rotatable bonds is 3. The fourth-order valence-corrected chi connectivity index (χ4v) is 2.23. The van der Waals surface area contributed by atoms with Crippen LogP contribution in [0.15, 0.2) is 0 Å². The molecule has 2 aliphatic heterocycles. The first-order chi connectivity index (χ1) is 7.36. The topological polar surface area (TPSA) is 50.4 Å². The molecule has 0 spiro atoms. The van der Waals surface area contributed by atoms with Crippen LogP contribution in [0.1, 0.15) is 25.7 Å². The predicted molar refractivity (Wildman–Crippen MR) is 57.6 cm³/mol. The molecule has 2 aliphatic rings. The molecule has 1 atom stereocenters. The second kappa shape index (κ2) is 5.47. The first-order valence-corrected chi connectivity index (χ1v) is 5.95. The van der Waals surface area contributed by atoms with Crippen LogP contribution in [0, 0.1) is 5.92 Å². The van der Waals surface area contributed by atoms with Gasteiger partial charge in [-0.3, -0.25) is 4.79 Å². The number of carbonyl (C=O) groups is 1. The Hall–Kier alpha value is -0.610. The molecular formula is C11H20N2O2. The lowest BCUT2D eigenvalue weighted by atomic mass is 10.0. The minimum Gasteiger partial charge on any atom is -0.381 e. The van der Waals surface area contributed by atoms with Crippen molar-refractivity contribution in [3.63, 3.8) is 0 Å². The van der Waals surface area contributed by atoms with Crippen molar-refractivity contribution in [1.29, 1.82) is 0 Å². The van der Waals surface area contributed by atoms with Gasteiger partial charge in [-0.25, -0.2) is 0 Å². The van der Waals surface area contributed by atoms with Crippen LogP contribution < -0.4 is 10.6 Å². The smallest absolute Gasteiger partial charge is 0.237 e. The maximum atomic E-state index is 11.7. The van der Waals surface area contributed by atoms with Gasteiger partial charge in [0.2, 0.25) is 5.91 Å². The van der Waals surface area contributed by atoms with Gasteiger partial charge in [-0.15, -0.1) is 0 Å². The van der Waals surface area contributed by atoms with Crippen LogP contribution in [0.4, 0.5) is 0 Å². The van der Waals surface area contributed by atoms with E-state index >= 15 is 0 Å². The largest absolute Gasteiger partial charge is 0.381 e. The van der Waals surface area contributed by atoms with E-state index in [1.54, 1.807) is 0 Å². The Morgan fingerprint density at radius 2 is 2.13 bits per heavy atom. The molecule has 0 radical (unpaired) electrons. The lowest BCUT2D eigenvalue weighted by molar-refractivity contribution is -0.123. The Kier molecular flexibility index (Phi) is 3.97. The summed E-state index contributed by atoms with van der Waals surface area (Å²) >= 11 is 0. The van der Waals surface area contributed by atoms with Gasteiger partial charge in [-0.05, 0) is 38.1 Å². The van der Waals surface area contributed by atoms with Gasteiger partial charge in [-0.1, -0.05) is 0 Å². The maximum Gasteiger partial charge on any atom is 0.237 e. The van der Waals surface area contributed by atoms with Crippen LogP contribution in [0.2, 0.25) is 0 Å². The summed E-state index contributed by atoms with van der Waals surface area (Å²) in [7, 11) is 0. The number of carbonyl (C=O) groups excluding carboxylic acids is 1. The van der Waals surface area contributed by atoms with E-state index in [0.717, 1.165) is 52.0 Å². The number of nitrogens with one attached hydrogen (secondary N) is 2. The zero-order chi connectivity index (χ0) is 10.5. The SMILES string of the molecule is O=C(NCC1CCOCC1)C1CCCN1. The van der Waals surface area contributed by atoms with Crippen molar-refractivity contribution in [3.8, 4) is 0 Å². The molecule has 0 saturated carbocycles. The molecule has 86 valence electrons. The van der Waals surface area contributed by atoms with Crippen molar-refractivity contribution >= 4 is 5.91 Å². The van der Waals surface area contributed by atoms with Gasteiger partial charge in [-0.2, -0.15) is 0 Å². The number of hydrogen-bond acceptors (Lipinski definition) is 3. The minimum atomic E-state index is 0.0600. The van der Waals surface area contributed by atoms with E-state index in [1.807, 2.05) is 0 Å². The summed E-state index contributed by atoms with van der Waals surface area (Å²) in [6, 6.07) is 0.0600. The Morgan fingerprint density at radius 1 is 1.33 bits per heavy atom. The van der Waals surface area contributed by atoms with Gasteiger partial charge in [0.25, 0.3) is 0 Å². The molecule has 2 heterocycles. The van der Waals surface area contributed by atoms with Gasteiger partial charge >= 0.3 is 0 Å². The van der Waals surface area contributed by atoms with Crippen molar-refractivity contribution in [2.24, 2.45) is 5.92 Å². The molecule has 2 rings (SSSR count). The molecule has 0 aromatic rings. The summed E-state index contributed by atoms with van der Waals surface area (Å²) in [6.07, 6.45) is 4.27. The second-order valence-corrected chi connectivity index (χ2v) is 4.45. The Bertz CT molecular complexity index is 209. The quantitative estimate of drug-likeness (QED) is 0.706. The van der Waals surface area contributed by atoms with E-state index in [9.17, 15) is 4.79 Å².